The maximum absolute atomic E-state index is 11.7. The van der Waals surface area contributed by atoms with Crippen molar-refractivity contribution in [3.8, 4) is 5.75 Å². The number of benzene rings is 1. The van der Waals surface area contributed by atoms with Crippen LogP contribution in [0.1, 0.15) is 5.76 Å². The second-order valence-corrected chi connectivity index (χ2v) is 8.33. The van der Waals surface area contributed by atoms with E-state index in [-0.39, 0.29) is 12.4 Å². The summed E-state index contributed by atoms with van der Waals surface area (Å²) in [4.78, 5) is 11.7. The van der Waals surface area contributed by atoms with E-state index in [9.17, 15) is 17.8 Å². The molecule has 0 aliphatic heterocycles. The zero-order chi connectivity index (χ0) is 18.6. The van der Waals surface area contributed by atoms with Crippen LogP contribution in [0.25, 0.3) is 0 Å². The van der Waals surface area contributed by atoms with Gasteiger partial charge in [-0.05, 0) is 56.1 Å². The molecule has 0 spiro atoms. The predicted octanol–water partition coefficient (Wildman–Crippen LogP) is 3.00. The summed E-state index contributed by atoms with van der Waals surface area (Å²) < 4.78 is 44.5. The number of hydrogen-bond acceptors (Lipinski definition) is 7. The third kappa shape index (κ3) is 5.92. The highest BCUT2D eigenvalue weighted by Gasteiger charge is 2.10. The zero-order valence-electron chi connectivity index (χ0n) is 12.0. The molecule has 0 atom stereocenters. The Morgan fingerprint density at radius 2 is 1.92 bits per heavy atom. The monoisotopic (exact) mass is 557 g/mol. The van der Waals surface area contributed by atoms with Gasteiger partial charge in [-0.1, -0.05) is 15.9 Å². The van der Waals surface area contributed by atoms with E-state index in [1.165, 1.54) is 6.07 Å². The number of furan rings is 1. The van der Waals surface area contributed by atoms with Crippen LogP contribution in [0.15, 0.2) is 52.3 Å². The number of nitrogens with one attached hydrogen (secondary N) is 1. The molecule has 0 aliphatic rings. The first-order chi connectivity index (χ1) is 11.7. The number of carbonyl (C=O) groups excluding carboxylic acids is 1. The van der Waals surface area contributed by atoms with Gasteiger partial charge in [0.1, 0.15) is 11.5 Å². The van der Waals surface area contributed by atoms with Gasteiger partial charge >= 0.3 is 0 Å². The fourth-order valence-corrected chi connectivity index (χ4v) is 4.46. The van der Waals surface area contributed by atoms with Crippen molar-refractivity contribution in [2.75, 3.05) is 6.61 Å². The van der Waals surface area contributed by atoms with Gasteiger partial charge in [-0.15, -0.1) is 0 Å². The molecule has 1 amide bonds. The first kappa shape index (κ1) is 20.1. The second kappa shape index (κ2) is 8.45. The quantitative estimate of drug-likeness (QED) is 0.330. The minimum absolute atomic E-state index is 0.00552. The molecule has 1 aromatic carbocycles. The number of hydrogen-bond donors (Lipinski definition) is 1. The van der Waals surface area contributed by atoms with Crippen LogP contribution >= 0.6 is 47.8 Å². The molecule has 0 fully saturated rings. The number of ether oxygens (including phenoxy) is 1. The van der Waals surface area contributed by atoms with Crippen molar-refractivity contribution in [2.45, 2.75) is 5.09 Å². The zero-order valence-corrected chi connectivity index (χ0v) is 17.6. The Morgan fingerprint density at radius 1 is 1.28 bits per heavy atom. The number of carbonyl (C=O) groups is 1. The van der Waals surface area contributed by atoms with Crippen LogP contribution in [0.5, 0.6) is 5.75 Å². The van der Waals surface area contributed by atoms with E-state index in [1.54, 1.807) is 12.1 Å². The van der Waals surface area contributed by atoms with E-state index in [0.717, 1.165) is 16.8 Å². The molecule has 12 heteroatoms. The van der Waals surface area contributed by atoms with Crippen molar-refractivity contribution in [3.05, 3.63) is 43.4 Å². The lowest BCUT2D eigenvalue weighted by molar-refractivity contribution is -0.123. The summed E-state index contributed by atoms with van der Waals surface area (Å²) in [6.45, 7) is -0.311. The summed E-state index contributed by atoms with van der Waals surface area (Å²) in [6.07, 6.45) is 1.05. The van der Waals surface area contributed by atoms with E-state index >= 15 is 0 Å². The molecule has 1 heterocycles. The molecule has 0 bridgehead atoms. The summed E-state index contributed by atoms with van der Waals surface area (Å²) in [7, 11) is -4.67. The lowest BCUT2D eigenvalue weighted by atomic mass is 10.3. The lowest BCUT2D eigenvalue weighted by Crippen LogP contribution is -2.24. The van der Waals surface area contributed by atoms with E-state index in [0.29, 0.717) is 14.7 Å². The Labute approximate surface area is 167 Å². The normalized spacial score (nSPS) is 11.7. The van der Waals surface area contributed by atoms with Crippen molar-refractivity contribution in [1.29, 1.82) is 0 Å². The van der Waals surface area contributed by atoms with Crippen LogP contribution in [-0.2, 0) is 14.9 Å². The van der Waals surface area contributed by atoms with Gasteiger partial charge in [0.15, 0.2) is 16.7 Å². The number of rotatable bonds is 6. The highest BCUT2D eigenvalue weighted by atomic mass is 79.9. The second-order valence-electron chi connectivity index (χ2n) is 4.39. The van der Waals surface area contributed by atoms with Crippen LogP contribution in [0.4, 0.5) is 0 Å². The highest BCUT2D eigenvalue weighted by Crippen LogP contribution is 2.36. The SMILES string of the molecule is O=C(COc1c(Br)cc(Br)cc1Br)N/N=C/c1ccc(S(=O)(=O)[O-])o1. The Morgan fingerprint density at radius 3 is 2.48 bits per heavy atom. The number of amides is 1. The average molecular weight is 560 g/mol. The van der Waals surface area contributed by atoms with Crippen molar-refractivity contribution in [1.82, 2.24) is 5.43 Å². The summed E-state index contributed by atoms with van der Waals surface area (Å²) in [5.74, 6) is -0.117. The predicted molar refractivity (Wildman–Crippen MR) is 97.4 cm³/mol. The van der Waals surface area contributed by atoms with Crippen LogP contribution in [0.3, 0.4) is 0 Å². The minimum Gasteiger partial charge on any atom is -0.742 e. The Hall–Kier alpha value is -1.21. The Balaban J connectivity index is 1.90. The van der Waals surface area contributed by atoms with Crippen LogP contribution in [-0.4, -0.2) is 31.7 Å². The fourth-order valence-electron chi connectivity index (χ4n) is 1.54. The van der Waals surface area contributed by atoms with Gasteiger partial charge in [0.2, 0.25) is 5.09 Å². The molecule has 0 radical (unpaired) electrons. The van der Waals surface area contributed by atoms with E-state index < -0.39 is 21.1 Å². The first-order valence-corrected chi connectivity index (χ1v) is 10.1. The molecule has 2 aromatic rings. The van der Waals surface area contributed by atoms with Crippen LogP contribution < -0.4 is 10.2 Å². The van der Waals surface area contributed by atoms with Crippen LogP contribution in [0.2, 0.25) is 0 Å². The molecule has 0 saturated heterocycles. The van der Waals surface area contributed by atoms with Gasteiger partial charge in [-0.3, -0.25) is 4.79 Å². The van der Waals surface area contributed by atoms with Crippen molar-refractivity contribution in [3.63, 3.8) is 0 Å². The van der Waals surface area contributed by atoms with Crippen molar-refractivity contribution >= 4 is 70.0 Å². The maximum atomic E-state index is 11.7. The standard InChI is InChI=1S/C13H9Br3N2O6S/c14-7-3-9(15)13(10(16)4-7)23-6-11(19)18-17-5-8-1-2-12(24-8)25(20,21)22/h1-5H,6H2,(H,18,19)(H,20,21,22)/p-1/b17-5+. The fraction of sp³-hybridized carbons (Fsp3) is 0.0769. The summed E-state index contributed by atoms with van der Waals surface area (Å²) in [5, 5.41) is 2.85. The Kier molecular flexibility index (Phi) is 6.79. The summed E-state index contributed by atoms with van der Waals surface area (Å²) >= 11 is 9.95. The molecular weight excluding hydrogens is 552 g/mol. The Bertz CT molecular complexity index is 903. The smallest absolute Gasteiger partial charge is 0.277 e. The molecule has 1 aromatic heterocycles. The van der Waals surface area contributed by atoms with E-state index in [2.05, 4.69) is 58.3 Å². The third-order valence-corrected chi connectivity index (χ3v) is 4.89. The molecule has 1 N–H and O–H groups in total. The number of halogens is 3. The van der Waals surface area contributed by atoms with E-state index in [4.69, 9.17) is 9.15 Å². The van der Waals surface area contributed by atoms with E-state index in [1.807, 2.05) is 0 Å². The molecule has 0 saturated carbocycles. The molecule has 0 unspecified atom stereocenters. The molecule has 134 valence electrons. The van der Waals surface area contributed by atoms with Crippen molar-refractivity contribution < 1.29 is 26.9 Å². The van der Waals surface area contributed by atoms with Gasteiger partial charge in [0.05, 0.1) is 15.2 Å². The molecular formula is C13H8Br3N2O6S-. The highest BCUT2D eigenvalue weighted by molar-refractivity contribution is 9.11. The topological polar surface area (TPSA) is 121 Å². The first-order valence-electron chi connectivity index (χ1n) is 6.32. The molecule has 25 heavy (non-hydrogen) atoms. The summed E-state index contributed by atoms with van der Waals surface area (Å²) in [5.41, 5.74) is 2.18. The van der Waals surface area contributed by atoms with Gasteiger partial charge in [-0.25, -0.2) is 13.8 Å². The summed E-state index contributed by atoms with van der Waals surface area (Å²) in [6, 6.07) is 5.74. The molecule has 8 nitrogen and oxygen atoms in total. The number of hydrazone groups is 1. The number of nitrogens with zero attached hydrogens (tertiary/aromatic N) is 1. The van der Waals surface area contributed by atoms with Gasteiger partial charge < -0.3 is 13.7 Å². The van der Waals surface area contributed by atoms with Gasteiger partial charge in [0, 0.05) is 4.47 Å². The van der Waals surface area contributed by atoms with Crippen molar-refractivity contribution in [2.24, 2.45) is 5.10 Å². The lowest BCUT2D eigenvalue weighted by Gasteiger charge is -2.09. The van der Waals surface area contributed by atoms with Crippen LogP contribution in [0, 0.1) is 0 Å². The molecule has 0 aliphatic carbocycles. The average Bonchev–Trinajstić information content (AvgIpc) is 2.95. The van der Waals surface area contributed by atoms with Gasteiger partial charge in [0.25, 0.3) is 5.91 Å². The third-order valence-electron chi connectivity index (χ3n) is 2.54. The maximum Gasteiger partial charge on any atom is 0.277 e. The minimum atomic E-state index is -4.67. The van der Waals surface area contributed by atoms with Gasteiger partial charge in [-0.2, -0.15) is 5.10 Å². The largest absolute Gasteiger partial charge is 0.742 e. The molecule has 2 rings (SSSR count).